The third-order valence-electron chi connectivity index (χ3n) is 4.58. The smallest absolute Gasteiger partial charge is 0.321 e. The molecule has 0 radical (unpaired) electrons. The minimum absolute atomic E-state index is 0.0133. The quantitative estimate of drug-likeness (QED) is 0.578. The Morgan fingerprint density at radius 2 is 1.97 bits per heavy atom. The fraction of sp³-hybridized carbons (Fsp3) is 0.579. The predicted molar refractivity (Wildman–Crippen MR) is 107 cm³/mol. The van der Waals surface area contributed by atoms with Crippen molar-refractivity contribution in [1.82, 2.24) is 15.5 Å². The van der Waals surface area contributed by atoms with Crippen LogP contribution < -0.4 is 10.6 Å². The second-order valence-corrected chi connectivity index (χ2v) is 7.75. The molecule has 0 aromatic carbocycles. The number of rotatable bonds is 9. The number of ether oxygens (including phenoxy) is 1. The highest BCUT2D eigenvalue weighted by atomic mass is 32.2. The van der Waals surface area contributed by atoms with Crippen molar-refractivity contribution >= 4 is 35.6 Å². The van der Waals surface area contributed by atoms with Gasteiger partial charge in [-0.25, -0.2) is 4.79 Å². The number of thioether (sulfide) groups is 1. The van der Waals surface area contributed by atoms with Crippen LogP contribution in [-0.4, -0.2) is 59.9 Å². The molecule has 0 unspecified atom stereocenters. The van der Waals surface area contributed by atoms with E-state index in [1.165, 1.54) is 12.7 Å². The normalized spacial score (nSPS) is 14.1. The van der Waals surface area contributed by atoms with Gasteiger partial charge in [0.15, 0.2) is 6.61 Å². The van der Waals surface area contributed by atoms with E-state index in [0.717, 1.165) is 37.4 Å². The molecule has 1 aromatic rings. The molecule has 1 aliphatic carbocycles. The maximum absolute atomic E-state index is 12.2. The maximum atomic E-state index is 12.2. The first-order chi connectivity index (χ1) is 14.0. The van der Waals surface area contributed by atoms with Crippen LogP contribution in [0.5, 0.6) is 0 Å². The largest absolute Gasteiger partial charge is 0.467 e. The number of hydrogen-bond acceptors (Lipinski definition) is 7. The van der Waals surface area contributed by atoms with Crippen molar-refractivity contribution in [3.8, 4) is 0 Å². The molecule has 29 heavy (non-hydrogen) atoms. The lowest BCUT2D eigenvalue weighted by Gasteiger charge is -2.31. The van der Waals surface area contributed by atoms with Gasteiger partial charge < -0.3 is 19.4 Å². The van der Waals surface area contributed by atoms with Crippen LogP contribution >= 0.6 is 11.8 Å². The Morgan fingerprint density at radius 1 is 1.21 bits per heavy atom. The number of carbonyl (C=O) groups excluding carboxylic acids is 4. The Bertz CT molecular complexity index is 688. The van der Waals surface area contributed by atoms with Crippen LogP contribution in [0.1, 0.15) is 37.9 Å². The van der Waals surface area contributed by atoms with Crippen LogP contribution in [0, 0.1) is 0 Å². The van der Waals surface area contributed by atoms with Gasteiger partial charge in [0.25, 0.3) is 5.91 Å². The first-order valence-electron chi connectivity index (χ1n) is 9.55. The van der Waals surface area contributed by atoms with Crippen molar-refractivity contribution in [2.75, 3.05) is 25.2 Å². The van der Waals surface area contributed by atoms with Gasteiger partial charge in [-0.05, 0) is 25.0 Å². The highest BCUT2D eigenvalue weighted by Crippen LogP contribution is 2.22. The summed E-state index contributed by atoms with van der Waals surface area (Å²) in [5.74, 6) is -0.686. The van der Waals surface area contributed by atoms with E-state index in [0.29, 0.717) is 5.76 Å². The third kappa shape index (κ3) is 8.59. The Hall–Kier alpha value is -2.49. The second-order valence-electron chi connectivity index (χ2n) is 6.76. The number of hydrogen-bond donors (Lipinski definition) is 2. The summed E-state index contributed by atoms with van der Waals surface area (Å²) in [5.41, 5.74) is 0. The molecule has 0 aliphatic heterocycles. The molecule has 0 spiro atoms. The van der Waals surface area contributed by atoms with E-state index in [1.807, 2.05) is 5.32 Å². The number of amides is 4. The zero-order valence-corrected chi connectivity index (χ0v) is 17.3. The standard InChI is InChI=1S/C19H27N3O6S/c1-22(14-6-3-2-4-7-14)17(24)12-29-13-18(25)28-11-16(23)21-19(26)20-10-15-8-5-9-27-15/h5,8-9,14H,2-4,6-7,10-13H2,1H3,(H2,20,21,23,26). The van der Waals surface area contributed by atoms with Crippen LogP contribution in [-0.2, 0) is 25.7 Å². The van der Waals surface area contributed by atoms with Crippen molar-refractivity contribution < 1.29 is 28.3 Å². The molecule has 10 heteroatoms. The summed E-state index contributed by atoms with van der Waals surface area (Å²) in [7, 11) is 1.80. The zero-order chi connectivity index (χ0) is 21.1. The number of nitrogens with zero attached hydrogens (tertiary/aromatic N) is 1. The molecule has 1 fully saturated rings. The van der Waals surface area contributed by atoms with Crippen LogP contribution in [0.25, 0.3) is 0 Å². The molecular formula is C19H27N3O6S. The molecule has 2 rings (SSSR count). The van der Waals surface area contributed by atoms with Crippen molar-refractivity contribution in [3.63, 3.8) is 0 Å². The minimum atomic E-state index is -0.742. The lowest BCUT2D eigenvalue weighted by molar-refractivity contribution is -0.145. The topological polar surface area (TPSA) is 118 Å². The lowest BCUT2D eigenvalue weighted by atomic mass is 9.94. The molecule has 0 atom stereocenters. The summed E-state index contributed by atoms with van der Waals surface area (Å²) >= 11 is 1.15. The maximum Gasteiger partial charge on any atom is 0.321 e. The fourth-order valence-electron chi connectivity index (χ4n) is 2.97. The number of imide groups is 1. The van der Waals surface area contributed by atoms with Crippen molar-refractivity contribution in [3.05, 3.63) is 24.2 Å². The van der Waals surface area contributed by atoms with E-state index in [9.17, 15) is 19.2 Å². The highest BCUT2D eigenvalue weighted by Gasteiger charge is 2.22. The Morgan fingerprint density at radius 3 is 2.66 bits per heavy atom. The van der Waals surface area contributed by atoms with Crippen molar-refractivity contribution in [2.45, 2.75) is 44.7 Å². The Labute approximate surface area is 173 Å². The number of urea groups is 1. The molecule has 9 nitrogen and oxygen atoms in total. The molecule has 4 amide bonds. The van der Waals surface area contributed by atoms with Gasteiger partial charge in [0.2, 0.25) is 5.91 Å². The van der Waals surface area contributed by atoms with Gasteiger partial charge in [0, 0.05) is 13.1 Å². The highest BCUT2D eigenvalue weighted by molar-refractivity contribution is 8.00. The van der Waals surface area contributed by atoms with Crippen LogP contribution in [0.3, 0.4) is 0 Å². The summed E-state index contributed by atoms with van der Waals surface area (Å²) in [6.45, 7) is -0.435. The molecule has 160 valence electrons. The number of esters is 1. The van der Waals surface area contributed by atoms with E-state index >= 15 is 0 Å². The molecule has 0 saturated heterocycles. The van der Waals surface area contributed by atoms with E-state index in [-0.39, 0.29) is 30.0 Å². The van der Waals surface area contributed by atoms with Gasteiger partial charge >= 0.3 is 12.0 Å². The molecule has 0 bridgehead atoms. The van der Waals surface area contributed by atoms with Crippen molar-refractivity contribution in [1.29, 1.82) is 0 Å². The third-order valence-corrected chi connectivity index (χ3v) is 5.47. The van der Waals surface area contributed by atoms with Gasteiger partial charge in [-0.1, -0.05) is 19.3 Å². The minimum Gasteiger partial charge on any atom is -0.467 e. The van der Waals surface area contributed by atoms with Gasteiger partial charge in [0.1, 0.15) is 5.76 Å². The molecule has 1 aromatic heterocycles. The second kappa shape index (κ2) is 12.2. The first kappa shape index (κ1) is 22.8. The van der Waals surface area contributed by atoms with Crippen LogP contribution in [0.2, 0.25) is 0 Å². The number of furan rings is 1. The Kier molecular flexibility index (Phi) is 9.55. The lowest BCUT2D eigenvalue weighted by Crippen LogP contribution is -2.41. The molecule has 1 saturated carbocycles. The summed E-state index contributed by atoms with van der Waals surface area (Å²) in [5, 5.41) is 4.48. The van der Waals surface area contributed by atoms with Gasteiger partial charge in [-0.3, -0.25) is 19.7 Å². The summed E-state index contributed by atoms with van der Waals surface area (Å²) < 4.78 is 9.86. The van der Waals surface area contributed by atoms with E-state index in [4.69, 9.17) is 9.15 Å². The van der Waals surface area contributed by atoms with Gasteiger partial charge in [0.05, 0.1) is 24.3 Å². The van der Waals surface area contributed by atoms with E-state index < -0.39 is 24.5 Å². The SMILES string of the molecule is CN(C(=O)CSCC(=O)OCC(=O)NC(=O)NCc1ccco1)C1CCCCC1. The molecule has 1 aliphatic rings. The van der Waals surface area contributed by atoms with Crippen LogP contribution in [0.4, 0.5) is 4.79 Å². The van der Waals surface area contributed by atoms with E-state index in [1.54, 1.807) is 24.1 Å². The number of nitrogens with one attached hydrogen (secondary N) is 2. The zero-order valence-electron chi connectivity index (χ0n) is 16.5. The molecule has 2 N–H and O–H groups in total. The Balaban J connectivity index is 1.54. The predicted octanol–water partition coefficient (Wildman–Crippen LogP) is 1.67. The summed E-state index contributed by atoms with van der Waals surface area (Å²) in [6.07, 6.45) is 7.03. The molecule has 1 heterocycles. The molecular weight excluding hydrogens is 398 g/mol. The summed E-state index contributed by atoms with van der Waals surface area (Å²) in [6, 6.07) is 2.93. The van der Waals surface area contributed by atoms with Crippen molar-refractivity contribution in [2.24, 2.45) is 0 Å². The summed E-state index contributed by atoms with van der Waals surface area (Å²) in [4.78, 5) is 48.9. The van der Waals surface area contributed by atoms with Crippen LogP contribution in [0.15, 0.2) is 22.8 Å². The monoisotopic (exact) mass is 425 g/mol. The van der Waals surface area contributed by atoms with Gasteiger partial charge in [-0.15, -0.1) is 11.8 Å². The van der Waals surface area contributed by atoms with Gasteiger partial charge in [-0.2, -0.15) is 0 Å². The number of carbonyl (C=O) groups is 4. The average molecular weight is 426 g/mol. The fourth-order valence-corrected chi connectivity index (χ4v) is 3.70. The average Bonchev–Trinajstić information content (AvgIpc) is 3.24. The first-order valence-corrected chi connectivity index (χ1v) is 10.7. The van der Waals surface area contributed by atoms with E-state index in [2.05, 4.69) is 5.32 Å².